The molecule has 0 aliphatic carbocycles. The molecule has 0 aromatic rings. The van der Waals surface area contributed by atoms with Gasteiger partial charge in [0.25, 0.3) is 5.91 Å². The monoisotopic (exact) mass is 166 g/mol. The molecule has 12 heavy (non-hydrogen) atoms. The van der Waals surface area contributed by atoms with Crippen molar-refractivity contribution in [1.82, 2.24) is 5.32 Å². The van der Waals surface area contributed by atoms with Crippen LogP contribution in [0.2, 0.25) is 0 Å². The molecule has 1 amide bonds. The number of carbonyl (C=O) groups excluding carboxylic acids is 1. The van der Waals surface area contributed by atoms with E-state index in [1.807, 2.05) is 6.07 Å². The first-order valence-corrected chi connectivity index (χ1v) is 3.75. The molecule has 1 rings (SSSR count). The highest BCUT2D eigenvalue weighted by atomic mass is 16.5. The molecule has 0 saturated carbocycles. The van der Waals surface area contributed by atoms with E-state index in [1.54, 1.807) is 6.92 Å². The second kappa shape index (κ2) is 3.77. The summed E-state index contributed by atoms with van der Waals surface area (Å²) in [5.74, 6) is -0.207. The van der Waals surface area contributed by atoms with E-state index in [0.717, 1.165) is 0 Å². The first kappa shape index (κ1) is 8.60. The Labute approximate surface area is 70.8 Å². The van der Waals surface area contributed by atoms with Crippen LogP contribution >= 0.6 is 0 Å². The van der Waals surface area contributed by atoms with Gasteiger partial charge >= 0.3 is 0 Å². The normalized spacial score (nSPS) is 17.2. The Morgan fingerprint density at radius 1 is 1.92 bits per heavy atom. The molecule has 64 valence electrons. The summed E-state index contributed by atoms with van der Waals surface area (Å²) in [4.78, 5) is 11.2. The minimum Gasteiger partial charge on any atom is -0.500 e. The summed E-state index contributed by atoms with van der Waals surface area (Å²) in [5, 5.41) is 10.9. The minimum atomic E-state index is -0.445. The lowest BCUT2D eigenvalue weighted by Gasteiger charge is -2.04. The highest BCUT2D eigenvalue weighted by Crippen LogP contribution is 2.09. The number of hydrogen-bond acceptors (Lipinski definition) is 3. The molecular formula is C8H10N2O2. The Balaban J connectivity index is 2.44. The van der Waals surface area contributed by atoms with Gasteiger partial charge < -0.3 is 10.1 Å². The molecule has 1 N–H and O–H groups in total. The maximum absolute atomic E-state index is 11.2. The fourth-order valence-corrected chi connectivity index (χ4v) is 0.876. The number of nitrogens with one attached hydrogen (secondary N) is 1. The summed E-state index contributed by atoms with van der Waals surface area (Å²) < 4.78 is 4.89. The van der Waals surface area contributed by atoms with Gasteiger partial charge in [-0.05, 0) is 6.92 Å². The lowest BCUT2D eigenvalue weighted by Crippen LogP contribution is -2.32. The van der Waals surface area contributed by atoms with E-state index in [4.69, 9.17) is 10.00 Å². The standard InChI is InChI=1S/C8H10N2O2/c1-6(4-9)10-8(11)7-2-3-12-5-7/h5-6H,2-3H2,1H3,(H,10,11)/t6-/m1/s1. The number of ether oxygens (including phenoxy) is 1. The molecule has 0 aromatic heterocycles. The van der Waals surface area contributed by atoms with Crippen molar-refractivity contribution >= 4 is 5.91 Å². The van der Waals surface area contributed by atoms with E-state index in [1.165, 1.54) is 6.26 Å². The lowest BCUT2D eigenvalue weighted by atomic mass is 10.2. The summed E-state index contributed by atoms with van der Waals surface area (Å²) >= 11 is 0. The van der Waals surface area contributed by atoms with Crippen LogP contribution in [0.3, 0.4) is 0 Å². The molecule has 1 aliphatic heterocycles. The van der Waals surface area contributed by atoms with E-state index in [-0.39, 0.29) is 5.91 Å². The van der Waals surface area contributed by atoms with Crippen molar-refractivity contribution in [1.29, 1.82) is 5.26 Å². The van der Waals surface area contributed by atoms with E-state index in [2.05, 4.69) is 5.32 Å². The van der Waals surface area contributed by atoms with Crippen LogP contribution in [0.4, 0.5) is 0 Å². The molecule has 1 aliphatic rings. The SMILES string of the molecule is C[C@H](C#N)NC(=O)C1=COCC1. The van der Waals surface area contributed by atoms with Gasteiger partial charge in [-0.3, -0.25) is 4.79 Å². The predicted octanol–water partition coefficient (Wildman–Crippen LogP) is 0.319. The molecule has 0 saturated heterocycles. The largest absolute Gasteiger partial charge is 0.500 e. The fraction of sp³-hybridized carbons (Fsp3) is 0.500. The van der Waals surface area contributed by atoms with E-state index in [9.17, 15) is 4.79 Å². The third-order valence-electron chi connectivity index (χ3n) is 1.55. The van der Waals surface area contributed by atoms with Gasteiger partial charge in [-0.25, -0.2) is 0 Å². The van der Waals surface area contributed by atoms with Crippen molar-refractivity contribution in [3.8, 4) is 6.07 Å². The third kappa shape index (κ3) is 1.99. The highest BCUT2D eigenvalue weighted by molar-refractivity contribution is 5.93. The molecule has 4 nitrogen and oxygen atoms in total. The Kier molecular flexibility index (Phi) is 2.70. The Bertz CT molecular complexity index is 252. The van der Waals surface area contributed by atoms with Crippen molar-refractivity contribution in [2.75, 3.05) is 6.61 Å². The summed E-state index contributed by atoms with van der Waals surface area (Å²) in [6.07, 6.45) is 2.07. The molecule has 0 fully saturated rings. The smallest absolute Gasteiger partial charge is 0.251 e. The predicted molar refractivity (Wildman–Crippen MR) is 41.9 cm³/mol. The van der Waals surface area contributed by atoms with Gasteiger partial charge in [0.2, 0.25) is 0 Å². The zero-order valence-corrected chi connectivity index (χ0v) is 6.83. The summed E-state index contributed by atoms with van der Waals surface area (Å²) in [7, 11) is 0. The molecule has 0 unspecified atom stereocenters. The maximum atomic E-state index is 11.2. The van der Waals surface area contributed by atoms with Gasteiger partial charge in [-0.1, -0.05) is 0 Å². The first-order chi connectivity index (χ1) is 5.74. The molecule has 0 radical (unpaired) electrons. The molecule has 1 heterocycles. The summed E-state index contributed by atoms with van der Waals surface area (Å²) in [6, 6.07) is 1.47. The van der Waals surface area contributed by atoms with Gasteiger partial charge in [-0.2, -0.15) is 5.26 Å². The number of rotatable bonds is 2. The minimum absolute atomic E-state index is 0.207. The van der Waals surface area contributed by atoms with E-state index >= 15 is 0 Å². The first-order valence-electron chi connectivity index (χ1n) is 3.75. The van der Waals surface area contributed by atoms with Crippen LogP contribution in [0.1, 0.15) is 13.3 Å². The number of carbonyl (C=O) groups is 1. The van der Waals surface area contributed by atoms with Crippen LogP contribution in [-0.4, -0.2) is 18.6 Å². The third-order valence-corrected chi connectivity index (χ3v) is 1.55. The summed E-state index contributed by atoms with van der Waals surface area (Å²) in [5.41, 5.74) is 0.608. The highest BCUT2D eigenvalue weighted by Gasteiger charge is 2.15. The van der Waals surface area contributed by atoms with Crippen LogP contribution in [0.15, 0.2) is 11.8 Å². The fourth-order valence-electron chi connectivity index (χ4n) is 0.876. The average Bonchev–Trinajstić information content (AvgIpc) is 2.56. The van der Waals surface area contributed by atoms with Crippen molar-refractivity contribution < 1.29 is 9.53 Å². The van der Waals surface area contributed by atoms with Crippen LogP contribution in [0.5, 0.6) is 0 Å². The second-order valence-corrected chi connectivity index (χ2v) is 2.59. The maximum Gasteiger partial charge on any atom is 0.251 e. The molecule has 0 bridgehead atoms. The van der Waals surface area contributed by atoms with Gasteiger partial charge in [-0.15, -0.1) is 0 Å². The number of nitriles is 1. The molecule has 0 spiro atoms. The van der Waals surface area contributed by atoms with Gasteiger partial charge in [0.1, 0.15) is 6.04 Å². The van der Waals surface area contributed by atoms with Crippen molar-refractivity contribution in [3.05, 3.63) is 11.8 Å². The molecule has 4 heteroatoms. The van der Waals surface area contributed by atoms with Crippen LogP contribution < -0.4 is 5.32 Å². The quantitative estimate of drug-likeness (QED) is 0.642. The number of hydrogen-bond donors (Lipinski definition) is 1. The van der Waals surface area contributed by atoms with E-state index < -0.39 is 6.04 Å². The van der Waals surface area contributed by atoms with Gasteiger partial charge in [0.15, 0.2) is 0 Å². The Morgan fingerprint density at radius 3 is 3.17 bits per heavy atom. The molecular weight excluding hydrogens is 156 g/mol. The van der Waals surface area contributed by atoms with Crippen LogP contribution in [0, 0.1) is 11.3 Å². The Morgan fingerprint density at radius 2 is 2.67 bits per heavy atom. The summed E-state index contributed by atoms with van der Waals surface area (Å²) in [6.45, 7) is 2.19. The number of nitrogens with zero attached hydrogens (tertiary/aromatic N) is 1. The Hall–Kier alpha value is -1.50. The van der Waals surface area contributed by atoms with Crippen LogP contribution in [-0.2, 0) is 9.53 Å². The van der Waals surface area contributed by atoms with Crippen molar-refractivity contribution in [2.24, 2.45) is 0 Å². The second-order valence-electron chi connectivity index (χ2n) is 2.59. The molecule has 1 atom stereocenters. The molecule has 0 aromatic carbocycles. The van der Waals surface area contributed by atoms with E-state index in [0.29, 0.717) is 18.6 Å². The topological polar surface area (TPSA) is 62.1 Å². The van der Waals surface area contributed by atoms with Gasteiger partial charge in [0, 0.05) is 6.42 Å². The van der Waals surface area contributed by atoms with Crippen molar-refractivity contribution in [3.63, 3.8) is 0 Å². The number of amides is 1. The van der Waals surface area contributed by atoms with Gasteiger partial charge in [0.05, 0.1) is 24.5 Å². The lowest BCUT2D eigenvalue weighted by molar-refractivity contribution is -0.117. The average molecular weight is 166 g/mol. The van der Waals surface area contributed by atoms with Crippen LogP contribution in [0.25, 0.3) is 0 Å². The zero-order chi connectivity index (χ0) is 8.97. The van der Waals surface area contributed by atoms with Crippen molar-refractivity contribution in [2.45, 2.75) is 19.4 Å². The zero-order valence-electron chi connectivity index (χ0n) is 6.83.